The van der Waals surface area contributed by atoms with Gasteiger partial charge in [0.15, 0.2) is 5.16 Å². The number of amides is 1. The van der Waals surface area contributed by atoms with E-state index in [1.54, 1.807) is 12.1 Å². The highest BCUT2D eigenvalue weighted by atomic mass is 32.2. The molecule has 2 aromatic carbocycles. The molecule has 3 aromatic rings. The molecule has 1 N–H and O–H groups in total. The lowest BCUT2D eigenvalue weighted by atomic mass is 10.1. The zero-order chi connectivity index (χ0) is 19.2. The van der Waals surface area contributed by atoms with Gasteiger partial charge in [-0.2, -0.15) is 0 Å². The number of rotatable bonds is 8. The van der Waals surface area contributed by atoms with Crippen molar-refractivity contribution in [3.63, 3.8) is 0 Å². The molecule has 0 unspecified atom stereocenters. The third-order valence-corrected chi connectivity index (χ3v) is 5.13. The lowest BCUT2D eigenvalue weighted by Crippen LogP contribution is -2.27. The lowest BCUT2D eigenvalue weighted by Gasteiger charge is -2.11. The van der Waals surface area contributed by atoms with Gasteiger partial charge in [0, 0.05) is 13.1 Å². The number of aromatic nitrogens is 2. The SMILES string of the molecule is CC(C)Cn1c(SCC(=O)NCCc2ccc(F)cc2)nc2ccccc21. The second kappa shape index (κ2) is 9.04. The van der Waals surface area contributed by atoms with Gasteiger partial charge in [-0.3, -0.25) is 4.79 Å². The van der Waals surface area contributed by atoms with Crippen molar-refractivity contribution in [3.8, 4) is 0 Å². The van der Waals surface area contributed by atoms with E-state index in [0.29, 0.717) is 24.6 Å². The van der Waals surface area contributed by atoms with Gasteiger partial charge in [-0.25, -0.2) is 9.37 Å². The second-order valence-electron chi connectivity index (χ2n) is 6.90. The summed E-state index contributed by atoms with van der Waals surface area (Å²) in [7, 11) is 0. The van der Waals surface area contributed by atoms with Crippen LogP contribution in [0.25, 0.3) is 11.0 Å². The van der Waals surface area contributed by atoms with Crippen molar-refractivity contribution in [2.75, 3.05) is 12.3 Å². The predicted molar refractivity (Wildman–Crippen MR) is 108 cm³/mol. The van der Waals surface area contributed by atoms with E-state index in [0.717, 1.165) is 28.3 Å². The van der Waals surface area contributed by atoms with Crippen LogP contribution in [-0.4, -0.2) is 27.8 Å². The number of carbonyl (C=O) groups is 1. The first-order valence-corrected chi connectivity index (χ1v) is 10.1. The van der Waals surface area contributed by atoms with Gasteiger partial charge >= 0.3 is 0 Å². The van der Waals surface area contributed by atoms with Gasteiger partial charge in [-0.1, -0.05) is 49.9 Å². The van der Waals surface area contributed by atoms with Crippen molar-refractivity contribution in [3.05, 3.63) is 59.9 Å². The summed E-state index contributed by atoms with van der Waals surface area (Å²) >= 11 is 1.46. The first-order valence-electron chi connectivity index (χ1n) is 9.12. The van der Waals surface area contributed by atoms with E-state index in [1.165, 1.54) is 23.9 Å². The van der Waals surface area contributed by atoms with Gasteiger partial charge in [-0.05, 0) is 42.2 Å². The van der Waals surface area contributed by atoms with Crippen LogP contribution in [0.15, 0.2) is 53.7 Å². The standard InChI is InChI=1S/C21H24FN3OS/c1-15(2)13-25-19-6-4-3-5-18(19)24-21(25)27-14-20(26)23-12-11-16-7-9-17(22)10-8-16/h3-10,15H,11-14H2,1-2H3,(H,23,26). The fourth-order valence-electron chi connectivity index (χ4n) is 2.88. The monoisotopic (exact) mass is 385 g/mol. The molecular weight excluding hydrogens is 361 g/mol. The molecule has 1 aromatic heterocycles. The van der Waals surface area contributed by atoms with E-state index < -0.39 is 0 Å². The van der Waals surface area contributed by atoms with Crippen LogP contribution in [-0.2, 0) is 17.8 Å². The van der Waals surface area contributed by atoms with Gasteiger partial charge in [0.1, 0.15) is 5.82 Å². The van der Waals surface area contributed by atoms with Crippen molar-refractivity contribution in [1.82, 2.24) is 14.9 Å². The molecule has 0 bridgehead atoms. The first-order chi connectivity index (χ1) is 13.0. The van der Waals surface area contributed by atoms with Crippen LogP contribution in [0.4, 0.5) is 4.39 Å². The van der Waals surface area contributed by atoms with Crippen LogP contribution in [0, 0.1) is 11.7 Å². The molecule has 0 atom stereocenters. The molecule has 1 heterocycles. The normalized spacial score (nSPS) is 11.3. The molecule has 27 heavy (non-hydrogen) atoms. The summed E-state index contributed by atoms with van der Waals surface area (Å²) in [5, 5.41) is 3.79. The number of fused-ring (bicyclic) bond motifs is 1. The average molecular weight is 386 g/mol. The number of halogens is 1. The molecule has 0 radical (unpaired) electrons. The number of para-hydroxylation sites is 2. The van der Waals surface area contributed by atoms with Gasteiger partial charge < -0.3 is 9.88 Å². The number of nitrogens with zero attached hydrogens (tertiary/aromatic N) is 2. The Hall–Kier alpha value is -2.34. The number of benzene rings is 2. The maximum Gasteiger partial charge on any atom is 0.230 e. The Bertz CT molecular complexity index is 905. The Kier molecular flexibility index (Phi) is 6.50. The Balaban J connectivity index is 1.55. The zero-order valence-corrected chi connectivity index (χ0v) is 16.4. The maximum atomic E-state index is 12.9. The summed E-state index contributed by atoms with van der Waals surface area (Å²) in [6.45, 7) is 5.75. The molecule has 0 aliphatic carbocycles. The number of carbonyl (C=O) groups excluding carboxylic acids is 1. The van der Waals surface area contributed by atoms with Crippen LogP contribution in [0.5, 0.6) is 0 Å². The Morgan fingerprint density at radius 2 is 1.93 bits per heavy atom. The number of hydrogen-bond acceptors (Lipinski definition) is 3. The molecule has 4 nitrogen and oxygen atoms in total. The highest BCUT2D eigenvalue weighted by molar-refractivity contribution is 7.99. The van der Waals surface area contributed by atoms with Crippen molar-refractivity contribution in [2.45, 2.75) is 32.0 Å². The van der Waals surface area contributed by atoms with Crippen molar-refractivity contribution >= 4 is 28.7 Å². The van der Waals surface area contributed by atoms with Crippen molar-refractivity contribution < 1.29 is 9.18 Å². The molecule has 0 spiro atoms. The highest BCUT2D eigenvalue weighted by Crippen LogP contribution is 2.25. The number of hydrogen-bond donors (Lipinski definition) is 1. The Morgan fingerprint density at radius 1 is 1.19 bits per heavy atom. The summed E-state index contributed by atoms with van der Waals surface area (Å²) in [6.07, 6.45) is 0.683. The van der Waals surface area contributed by atoms with Crippen molar-refractivity contribution in [1.29, 1.82) is 0 Å². The summed E-state index contributed by atoms with van der Waals surface area (Å²) in [5.74, 6) is 0.547. The van der Waals surface area contributed by atoms with Crippen LogP contribution in [0.3, 0.4) is 0 Å². The van der Waals surface area contributed by atoms with Gasteiger partial charge in [-0.15, -0.1) is 0 Å². The molecule has 0 saturated carbocycles. The molecule has 6 heteroatoms. The molecule has 0 aliphatic heterocycles. The molecule has 0 fully saturated rings. The minimum Gasteiger partial charge on any atom is -0.355 e. The summed E-state index contributed by atoms with van der Waals surface area (Å²) in [6, 6.07) is 14.4. The number of imidazole rings is 1. The van der Waals surface area contributed by atoms with Crippen LogP contribution < -0.4 is 5.32 Å². The van der Waals surface area contributed by atoms with E-state index in [2.05, 4.69) is 34.8 Å². The molecule has 142 valence electrons. The summed E-state index contributed by atoms with van der Waals surface area (Å²) in [5.41, 5.74) is 3.06. The number of thioether (sulfide) groups is 1. The van der Waals surface area contributed by atoms with Gasteiger partial charge in [0.25, 0.3) is 0 Å². The largest absolute Gasteiger partial charge is 0.355 e. The van der Waals surface area contributed by atoms with Crippen LogP contribution in [0.1, 0.15) is 19.4 Å². The van der Waals surface area contributed by atoms with Crippen LogP contribution >= 0.6 is 11.8 Å². The number of nitrogens with one attached hydrogen (secondary N) is 1. The quantitative estimate of drug-likeness (QED) is 0.589. The van der Waals surface area contributed by atoms with Crippen LogP contribution in [0.2, 0.25) is 0 Å². The average Bonchev–Trinajstić information content (AvgIpc) is 2.99. The summed E-state index contributed by atoms with van der Waals surface area (Å²) < 4.78 is 15.1. The molecule has 0 saturated heterocycles. The zero-order valence-electron chi connectivity index (χ0n) is 15.6. The van der Waals surface area contributed by atoms with Crippen molar-refractivity contribution in [2.24, 2.45) is 5.92 Å². The predicted octanol–water partition coefficient (Wildman–Crippen LogP) is 4.28. The topological polar surface area (TPSA) is 46.9 Å². The maximum absolute atomic E-state index is 12.9. The van der Waals surface area contributed by atoms with Gasteiger partial charge in [0.05, 0.1) is 16.8 Å². The smallest absolute Gasteiger partial charge is 0.230 e. The molecule has 1 amide bonds. The highest BCUT2D eigenvalue weighted by Gasteiger charge is 2.13. The second-order valence-corrected chi connectivity index (χ2v) is 7.85. The fraction of sp³-hybridized carbons (Fsp3) is 0.333. The van der Waals surface area contributed by atoms with E-state index in [9.17, 15) is 9.18 Å². The van der Waals surface area contributed by atoms with E-state index in [1.807, 2.05) is 18.2 Å². The third kappa shape index (κ3) is 5.32. The van der Waals surface area contributed by atoms with E-state index in [4.69, 9.17) is 0 Å². The molecular formula is C21H24FN3OS. The Labute approximate surface area is 163 Å². The Morgan fingerprint density at radius 3 is 2.67 bits per heavy atom. The summed E-state index contributed by atoms with van der Waals surface area (Å²) in [4.78, 5) is 16.9. The van der Waals surface area contributed by atoms with E-state index in [-0.39, 0.29) is 11.7 Å². The van der Waals surface area contributed by atoms with E-state index >= 15 is 0 Å². The fourth-order valence-corrected chi connectivity index (χ4v) is 3.74. The first kappa shape index (κ1) is 19.4. The minimum absolute atomic E-state index is 0.0229. The minimum atomic E-state index is -0.247. The molecule has 0 aliphatic rings. The third-order valence-electron chi connectivity index (χ3n) is 4.15. The lowest BCUT2D eigenvalue weighted by molar-refractivity contribution is -0.118. The molecule has 3 rings (SSSR count). The van der Waals surface area contributed by atoms with Gasteiger partial charge in [0.2, 0.25) is 5.91 Å².